The van der Waals surface area contributed by atoms with Gasteiger partial charge in [0.05, 0.1) is 18.8 Å². The maximum Gasteiger partial charge on any atom is 0.338 e. The van der Waals surface area contributed by atoms with Crippen molar-refractivity contribution in [3.05, 3.63) is 59.2 Å². The number of nitrogens with zero attached hydrogens (tertiary/aromatic N) is 1. The molecule has 1 heterocycles. The molecule has 2 aromatic carbocycles. The highest BCUT2D eigenvalue weighted by Gasteiger charge is 2.22. The average molecular weight is 384 g/mol. The van der Waals surface area contributed by atoms with Gasteiger partial charge in [0.1, 0.15) is 12.4 Å². The van der Waals surface area contributed by atoms with Gasteiger partial charge in [-0.05, 0) is 36.8 Å². The lowest BCUT2D eigenvalue weighted by Crippen LogP contribution is -2.36. The maximum atomic E-state index is 12.8. The van der Waals surface area contributed by atoms with Crippen LogP contribution in [0, 0.1) is 0 Å². The van der Waals surface area contributed by atoms with E-state index in [1.54, 1.807) is 30.2 Å². The van der Waals surface area contributed by atoms with E-state index in [9.17, 15) is 9.59 Å². The first-order valence-electron chi connectivity index (χ1n) is 9.17. The van der Waals surface area contributed by atoms with E-state index in [2.05, 4.69) is 5.32 Å². The van der Waals surface area contributed by atoms with E-state index >= 15 is 0 Å². The van der Waals surface area contributed by atoms with Crippen LogP contribution in [0.25, 0.3) is 0 Å². The lowest BCUT2D eigenvalue weighted by Gasteiger charge is -2.23. The predicted octanol–water partition coefficient (Wildman–Crippen LogP) is 3.44. The minimum absolute atomic E-state index is 0.266. The molecule has 0 aromatic heterocycles. The monoisotopic (exact) mass is 384 g/mol. The number of fused-ring (bicyclic) bond motifs is 1. The number of carbonyl (C=O) groups excluding carboxylic acids is 2. The van der Waals surface area contributed by atoms with Crippen LogP contribution in [-0.4, -0.2) is 43.8 Å². The van der Waals surface area contributed by atoms with Gasteiger partial charge in [0.2, 0.25) is 0 Å². The quantitative estimate of drug-likeness (QED) is 0.706. The fourth-order valence-corrected chi connectivity index (χ4v) is 2.93. The smallest absolute Gasteiger partial charge is 0.338 e. The Hall–Kier alpha value is -3.06. The van der Waals surface area contributed by atoms with Gasteiger partial charge in [-0.25, -0.2) is 9.59 Å². The SMILES string of the molecule is CCOc1ccc(CN(CCOC)C(=O)Nc2ccc3c(c2)C(=O)OC3)cc1. The van der Waals surface area contributed by atoms with Crippen LogP contribution in [-0.2, 0) is 22.6 Å². The van der Waals surface area contributed by atoms with Crippen LogP contribution in [0.4, 0.5) is 10.5 Å². The normalized spacial score (nSPS) is 12.3. The van der Waals surface area contributed by atoms with Gasteiger partial charge >= 0.3 is 12.0 Å². The van der Waals surface area contributed by atoms with Crippen molar-refractivity contribution >= 4 is 17.7 Å². The summed E-state index contributed by atoms with van der Waals surface area (Å²) in [6, 6.07) is 12.6. The summed E-state index contributed by atoms with van der Waals surface area (Å²) >= 11 is 0. The minimum Gasteiger partial charge on any atom is -0.494 e. The fourth-order valence-electron chi connectivity index (χ4n) is 2.93. The van der Waals surface area contributed by atoms with E-state index in [0.29, 0.717) is 37.6 Å². The maximum absolute atomic E-state index is 12.8. The molecule has 0 bridgehead atoms. The highest BCUT2D eigenvalue weighted by Crippen LogP contribution is 2.23. The Morgan fingerprint density at radius 3 is 2.71 bits per heavy atom. The zero-order valence-electron chi connectivity index (χ0n) is 16.1. The molecule has 0 saturated carbocycles. The van der Waals surface area contributed by atoms with Gasteiger partial charge in [-0.15, -0.1) is 0 Å². The van der Waals surface area contributed by atoms with Crippen LogP contribution in [0.15, 0.2) is 42.5 Å². The summed E-state index contributed by atoms with van der Waals surface area (Å²) in [6.07, 6.45) is 0. The summed E-state index contributed by atoms with van der Waals surface area (Å²) in [4.78, 5) is 26.2. The van der Waals surface area contributed by atoms with Crippen molar-refractivity contribution in [2.45, 2.75) is 20.1 Å². The van der Waals surface area contributed by atoms with Gasteiger partial charge < -0.3 is 24.4 Å². The fraction of sp³-hybridized carbons (Fsp3) is 0.333. The highest BCUT2D eigenvalue weighted by molar-refractivity contribution is 5.96. The number of hydrogen-bond donors (Lipinski definition) is 1. The van der Waals surface area contributed by atoms with Crippen molar-refractivity contribution < 1.29 is 23.8 Å². The van der Waals surface area contributed by atoms with Gasteiger partial charge in [-0.3, -0.25) is 0 Å². The Morgan fingerprint density at radius 2 is 2.00 bits per heavy atom. The second kappa shape index (κ2) is 9.23. The molecule has 0 atom stereocenters. The van der Waals surface area contributed by atoms with Gasteiger partial charge in [0.25, 0.3) is 0 Å². The summed E-state index contributed by atoms with van der Waals surface area (Å²) in [6.45, 7) is 4.09. The largest absolute Gasteiger partial charge is 0.494 e. The van der Waals surface area contributed by atoms with E-state index in [1.165, 1.54) is 0 Å². The third kappa shape index (κ3) is 4.80. The number of esters is 1. The van der Waals surface area contributed by atoms with Crippen molar-refractivity contribution in [2.24, 2.45) is 0 Å². The number of amides is 2. The van der Waals surface area contributed by atoms with Crippen LogP contribution in [0.5, 0.6) is 5.75 Å². The molecule has 0 spiro atoms. The number of rotatable bonds is 8. The van der Waals surface area contributed by atoms with Gasteiger partial charge in [0, 0.05) is 31.5 Å². The zero-order valence-corrected chi connectivity index (χ0v) is 16.1. The van der Waals surface area contributed by atoms with Crippen molar-refractivity contribution in [1.29, 1.82) is 0 Å². The number of urea groups is 1. The first kappa shape index (κ1) is 19.7. The van der Waals surface area contributed by atoms with E-state index in [0.717, 1.165) is 16.9 Å². The number of cyclic esters (lactones) is 1. The summed E-state index contributed by atoms with van der Waals surface area (Å²) in [5.74, 6) is 0.431. The van der Waals surface area contributed by atoms with E-state index in [-0.39, 0.29) is 18.6 Å². The summed E-state index contributed by atoms with van der Waals surface area (Å²) in [5, 5.41) is 2.85. The second-order valence-corrected chi connectivity index (χ2v) is 6.37. The molecule has 0 aliphatic carbocycles. The van der Waals surface area contributed by atoms with Gasteiger partial charge in [-0.1, -0.05) is 18.2 Å². The molecule has 7 nitrogen and oxygen atoms in total. The van der Waals surface area contributed by atoms with Gasteiger partial charge in [0.15, 0.2) is 0 Å². The third-order valence-corrected chi connectivity index (χ3v) is 4.40. The van der Waals surface area contributed by atoms with Crippen LogP contribution in [0.2, 0.25) is 0 Å². The van der Waals surface area contributed by atoms with Crippen molar-refractivity contribution in [3.63, 3.8) is 0 Å². The summed E-state index contributed by atoms with van der Waals surface area (Å²) in [7, 11) is 1.60. The number of carbonyl (C=O) groups is 2. The molecule has 0 fully saturated rings. The van der Waals surface area contributed by atoms with Crippen molar-refractivity contribution in [2.75, 3.05) is 32.2 Å². The first-order valence-corrected chi connectivity index (χ1v) is 9.17. The zero-order chi connectivity index (χ0) is 19.9. The molecule has 0 saturated heterocycles. The Kier molecular flexibility index (Phi) is 6.49. The Balaban J connectivity index is 1.69. The summed E-state index contributed by atoms with van der Waals surface area (Å²) < 4.78 is 15.6. The number of hydrogen-bond acceptors (Lipinski definition) is 5. The molecule has 148 valence electrons. The lowest BCUT2D eigenvalue weighted by atomic mass is 10.1. The third-order valence-electron chi connectivity index (χ3n) is 4.40. The molecular weight excluding hydrogens is 360 g/mol. The van der Waals surface area contributed by atoms with Crippen LogP contribution >= 0.6 is 0 Å². The number of nitrogens with one attached hydrogen (secondary N) is 1. The van der Waals surface area contributed by atoms with Crippen LogP contribution in [0.1, 0.15) is 28.4 Å². The number of methoxy groups -OCH3 is 1. The Bertz CT molecular complexity index is 835. The lowest BCUT2D eigenvalue weighted by molar-refractivity contribution is 0.0535. The molecule has 0 unspecified atom stereocenters. The number of ether oxygens (including phenoxy) is 3. The standard InChI is InChI=1S/C21H24N2O5/c1-3-27-18-8-4-15(5-9-18)13-23(10-11-26-2)21(25)22-17-7-6-16-14-28-20(24)19(16)12-17/h4-9,12H,3,10-11,13-14H2,1-2H3,(H,22,25). The van der Waals surface area contributed by atoms with Crippen LogP contribution < -0.4 is 10.1 Å². The molecule has 2 amide bonds. The molecule has 2 aromatic rings. The molecule has 3 rings (SSSR count). The highest BCUT2D eigenvalue weighted by atomic mass is 16.5. The molecule has 1 aliphatic rings. The molecular formula is C21H24N2O5. The van der Waals surface area contributed by atoms with E-state index in [4.69, 9.17) is 14.2 Å². The molecule has 7 heteroatoms. The van der Waals surface area contributed by atoms with E-state index in [1.807, 2.05) is 31.2 Å². The number of anilines is 1. The van der Waals surface area contributed by atoms with E-state index < -0.39 is 0 Å². The molecule has 0 radical (unpaired) electrons. The average Bonchev–Trinajstić information content (AvgIpc) is 3.07. The Morgan fingerprint density at radius 1 is 1.21 bits per heavy atom. The summed E-state index contributed by atoms with van der Waals surface area (Å²) in [5.41, 5.74) is 2.85. The molecule has 28 heavy (non-hydrogen) atoms. The first-order chi connectivity index (χ1) is 13.6. The minimum atomic E-state index is -0.364. The topological polar surface area (TPSA) is 77.1 Å². The van der Waals surface area contributed by atoms with Crippen LogP contribution in [0.3, 0.4) is 0 Å². The second-order valence-electron chi connectivity index (χ2n) is 6.37. The van der Waals surface area contributed by atoms with Crippen molar-refractivity contribution in [3.8, 4) is 5.75 Å². The van der Waals surface area contributed by atoms with Gasteiger partial charge in [-0.2, -0.15) is 0 Å². The Labute approximate surface area is 164 Å². The van der Waals surface area contributed by atoms with Crippen molar-refractivity contribution in [1.82, 2.24) is 4.90 Å². The number of benzene rings is 2. The molecule has 1 aliphatic heterocycles. The predicted molar refractivity (Wildman–Crippen MR) is 104 cm³/mol. The molecule has 1 N–H and O–H groups in total.